The number of nitrogens with one attached hydrogen (secondary N) is 1. The minimum absolute atomic E-state index is 0.0289. The van der Waals surface area contributed by atoms with Gasteiger partial charge in [-0.05, 0) is 23.8 Å². The number of hydrogen-bond acceptors (Lipinski definition) is 3. The summed E-state index contributed by atoms with van der Waals surface area (Å²) in [6.07, 6.45) is 0.774. The number of rotatable bonds is 2. The van der Waals surface area contributed by atoms with Crippen molar-refractivity contribution in [2.75, 3.05) is 6.54 Å². The first-order valence-corrected chi connectivity index (χ1v) is 8.78. The standard InChI is InChI=1S/C18H21Cl2N3O/c1-18(2,3)17-21-15-4-5-23(10-14(15)16(24)22-17)9-11-6-12(19)8-13(20)7-11/h6-8H,4-5,9-10H2,1-3H3,(H,21,22,24). The minimum Gasteiger partial charge on any atom is -0.310 e. The number of hydrogen-bond donors (Lipinski definition) is 1. The molecular weight excluding hydrogens is 345 g/mol. The largest absolute Gasteiger partial charge is 0.310 e. The molecule has 1 aromatic carbocycles. The van der Waals surface area contributed by atoms with Crippen LogP contribution in [0.15, 0.2) is 23.0 Å². The molecule has 0 amide bonds. The molecule has 24 heavy (non-hydrogen) atoms. The van der Waals surface area contributed by atoms with Gasteiger partial charge in [0.1, 0.15) is 5.82 Å². The van der Waals surface area contributed by atoms with Crippen LogP contribution in [0.25, 0.3) is 0 Å². The van der Waals surface area contributed by atoms with Gasteiger partial charge in [-0.25, -0.2) is 4.98 Å². The molecule has 1 aromatic heterocycles. The first-order valence-electron chi connectivity index (χ1n) is 8.02. The van der Waals surface area contributed by atoms with E-state index < -0.39 is 0 Å². The van der Waals surface area contributed by atoms with E-state index in [1.54, 1.807) is 6.07 Å². The Morgan fingerprint density at radius 3 is 2.50 bits per heavy atom. The summed E-state index contributed by atoms with van der Waals surface area (Å²) in [5, 5.41) is 1.26. The monoisotopic (exact) mass is 365 g/mol. The maximum absolute atomic E-state index is 12.5. The topological polar surface area (TPSA) is 49.0 Å². The molecule has 2 aromatic rings. The molecule has 1 aliphatic rings. The van der Waals surface area contributed by atoms with Crippen LogP contribution in [0.3, 0.4) is 0 Å². The SMILES string of the molecule is CC(C)(C)c1nc2c(c(=O)[nH]1)CN(Cc1cc(Cl)cc(Cl)c1)CC2. The van der Waals surface area contributed by atoms with E-state index in [4.69, 9.17) is 28.2 Å². The number of benzene rings is 1. The summed E-state index contributed by atoms with van der Waals surface area (Å²) in [5.74, 6) is 0.751. The Labute approximate surface area is 151 Å². The molecule has 3 rings (SSSR count). The van der Waals surface area contributed by atoms with Gasteiger partial charge in [0.2, 0.25) is 0 Å². The zero-order chi connectivity index (χ0) is 17.5. The zero-order valence-electron chi connectivity index (χ0n) is 14.1. The number of aromatic amines is 1. The molecule has 0 saturated carbocycles. The van der Waals surface area contributed by atoms with Gasteiger partial charge in [-0.15, -0.1) is 0 Å². The molecule has 1 aliphatic heterocycles. The van der Waals surface area contributed by atoms with Crippen LogP contribution in [0, 0.1) is 0 Å². The molecule has 2 heterocycles. The van der Waals surface area contributed by atoms with Crippen molar-refractivity contribution in [3.63, 3.8) is 0 Å². The quantitative estimate of drug-likeness (QED) is 0.876. The van der Waals surface area contributed by atoms with Crippen LogP contribution in [-0.2, 0) is 24.9 Å². The minimum atomic E-state index is -0.164. The van der Waals surface area contributed by atoms with Crippen molar-refractivity contribution in [3.05, 3.63) is 61.2 Å². The smallest absolute Gasteiger partial charge is 0.255 e. The third-order valence-corrected chi connectivity index (χ3v) is 4.62. The highest BCUT2D eigenvalue weighted by atomic mass is 35.5. The summed E-state index contributed by atoms with van der Waals surface area (Å²) in [7, 11) is 0. The van der Waals surface area contributed by atoms with E-state index in [0.29, 0.717) is 23.1 Å². The predicted molar refractivity (Wildman–Crippen MR) is 97.8 cm³/mol. The van der Waals surface area contributed by atoms with E-state index in [1.807, 2.05) is 12.1 Å². The second kappa shape index (κ2) is 6.51. The Kier molecular flexibility index (Phi) is 4.73. The van der Waals surface area contributed by atoms with Crippen molar-refractivity contribution in [2.24, 2.45) is 0 Å². The zero-order valence-corrected chi connectivity index (χ0v) is 15.6. The van der Waals surface area contributed by atoms with E-state index in [2.05, 4.69) is 30.7 Å². The highest BCUT2D eigenvalue weighted by Gasteiger charge is 2.24. The van der Waals surface area contributed by atoms with Crippen LogP contribution in [0.5, 0.6) is 0 Å². The molecule has 1 N–H and O–H groups in total. The number of nitrogens with zero attached hydrogens (tertiary/aromatic N) is 2. The number of halogens is 2. The van der Waals surface area contributed by atoms with E-state index in [-0.39, 0.29) is 11.0 Å². The van der Waals surface area contributed by atoms with Crippen molar-refractivity contribution < 1.29 is 0 Å². The molecule has 0 aliphatic carbocycles. The molecule has 0 atom stereocenters. The third kappa shape index (κ3) is 3.82. The Morgan fingerprint density at radius 2 is 1.88 bits per heavy atom. The number of aromatic nitrogens is 2. The number of fused-ring (bicyclic) bond motifs is 1. The molecule has 128 valence electrons. The third-order valence-electron chi connectivity index (χ3n) is 4.19. The second-order valence-corrected chi connectivity index (χ2v) is 8.20. The van der Waals surface area contributed by atoms with Crippen LogP contribution in [0.2, 0.25) is 10.0 Å². The summed E-state index contributed by atoms with van der Waals surface area (Å²) < 4.78 is 0. The van der Waals surface area contributed by atoms with Crippen molar-refractivity contribution in [2.45, 2.75) is 45.7 Å². The highest BCUT2D eigenvalue weighted by molar-refractivity contribution is 6.34. The first kappa shape index (κ1) is 17.5. The maximum atomic E-state index is 12.5. The summed E-state index contributed by atoms with van der Waals surface area (Å²) in [4.78, 5) is 22.3. The van der Waals surface area contributed by atoms with Gasteiger partial charge in [0, 0.05) is 41.5 Å². The van der Waals surface area contributed by atoms with Crippen LogP contribution < -0.4 is 5.56 Å². The van der Waals surface area contributed by atoms with Crippen LogP contribution >= 0.6 is 23.2 Å². The van der Waals surface area contributed by atoms with Crippen LogP contribution in [0.4, 0.5) is 0 Å². The maximum Gasteiger partial charge on any atom is 0.255 e. The highest BCUT2D eigenvalue weighted by Crippen LogP contribution is 2.23. The summed E-state index contributed by atoms with van der Waals surface area (Å²) in [5.41, 5.74) is 2.54. The van der Waals surface area contributed by atoms with Gasteiger partial charge in [-0.2, -0.15) is 0 Å². The Bertz CT molecular complexity index is 804. The summed E-state index contributed by atoms with van der Waals surface area (Å²) in [6, 6.07) is 5.54. The Morgan fingerprint density at radius 1 is 1.21 bits per heavy atom. The van der Waals surface area contributed by atoms with Crippen molar-refractivity contribution in [1.82, 2.24) is 14.9 Å². The molecular formula is C18H21Cl2N3O. The lowest BCUT2D eigenvalue weighted by atomic mass is 9.95. The Balaban J connectivity index is 1.83. The van der Waals surface area contributed by atoms with Crippen molar-refractivity contribution in [3.8, 4) is 0 Å². The average Bonchev–Trinajstić information content (AvgIpc) is 2.45. The van der Waals surface area contributed by atoms with Crippen LogP contribution in [-0.4, -0.2) is 21.4 Å². The van der Waals surface area contributed by atoms with Gasteiger partial charge in [-0.3, -0.25) is 9.69 Å². The molecule has 0 fully saturated rings. The number of H-pyrrole nitrogens is 1. The van der Waals surface area contributed by atoms with Gasteiger partial charge >= 0.3 is 0 Å². The van der Waals surface area contributed by atoms with E-state index in [1.165, 1.54) is 0 Å². The molecule has 0 unspecified atom stereocenters. The van der Waals surface area contributed by atoms with E-state index in [0.717, 1.165) is 35.6 Å². The lowest BCUT2D eigenvalue weighted by molar-refractivity contribution is 0.241. The predicted octanol–water partition coefficient (Wildman–Crippen LogP) is 3.93. The van der Waals surface area contributed by atoms with Gasteiger partial charge in [0.25, 0.3) is 5.56 Å². The van der Waals surface area contributed by atoms with Crippen LogP contribution in [0.1, 0.15) is 43.4 Å². The first-order chi connectivity index (χ1) is 11.2. The lowest BCUT2D eigenvalue weighted by Crippen LogP contribution is -2.37. The summed E-state index contributed by atoms with van der Waals surface area (Å²) in [6.45, 7) is 8.31. The molecule has 0 spiro atoms. The molecule has 0 bridgehead atoms. The van der Waals surface area contributed by atoms with Crippen molar-refractivity contribution in [1.29, 1.82) is 0 Å². The molecule has 4 nitrogen and oxygen atoms in total. The van der Waals surface area contributed by atoms with E-state index >= 15 is 0 Å². The van der Waals surface area contributed by atoms with Gasteiger partial charge in [-0.1, -0.05) is 44.0 Å². The fourth-order valence-electron chi connectivity index (χ4n) is 2.93. The summed E-state index contributed by atoms with van der Waals surface area (Å²) >= 11 is 12.1. The molecule has 0 saturated heterocycles. The normalized spacial score (nSPS) is 15.4. The fraction of sp³-hybridized carbons (Fsp3) is 0.444. The van der Waals surface area contributed by atoms with Gasteiger partial charge < -0.3 is 4.98 Å². The Hall–Kier alpha value is -1.36. The second-order valence-electron chi connectivity index (χ2n) is 7.33. The molecule has 6 heteroatoms. The van der Waals surface area contributed by atoms with Gasteiger partial charge in [0.15, 0.2) is 0 Å². The lowest BCUT2D eigenvalue weighted by Gasteiger charge is -2.29. The average molecular weight is 366 g/mol. The fourth-order valence-corrected chi connectivity index (χ4v) is 3.50. The van der Waals surface area contributed by atoms with Crippen molar-refractivity contribution >= 4 is 23.2 Å². The van der Waals surface area contributed by atoms with Gasteiger partial charge in [0.05, 0.1) is 11.3 Å². The van der Waals surface area contributed by atoms with E-state index in [9.17, 15) is 4.79 Å². The molecule has 0 radical (unpaired) electrons.